The van der Waals surface area contributed by atoms with E-state index in [9.17, 15) is 4.79 Å². The van der Waals surface area contributed by atoms with Crippen molar-refractivity contribution in [3.8, 4) is 0 Å². The first-order valence-corrected chi connectivity index (χ1v) is 6.62. The van der Waals surface area contributed by atoms with Crippen LogP contribution >= 0.6 is 15.9 Å². The van der Waals surface area contributed by atoms with Crippen molar-refractivity contribution in [3.63, 3.8) is 0 Å². The summed E-state index contributed by atoms with van der Waals surface area (Å²) < 4.78 is 2.78. The van der Waals surface area contributed by atoms with E-state index in [2.05, 4.69) is 20.9 Å². The van der Waals surface area contributed by atoms with Gasteiger partial charge in [-0.25, -0.2) is 4.79 Å². The van der Waals surface area contributed by atoms with Crippen LogP contribution in [0.15, 0.2) is 9.27 Å². The molecule has 0 saturated heterocycles. The Morgan fingerprint density at radius 2 is 2.00 bits per heavy atom. The monoisotopic (exact) mass is 284 g/mol. The van der Waals surface area contributed by atoms with E-state index in [4.69, 9.17) is 0 Å². The van der Waals surface area contributed by atoms with Crippen LogP contribution in [0.3, 0.4) is 0 Å². The predicted octanol–water partition coefficient (Wildman–Crippen LogP) is 2.81. The number of halogens is 1. The summed E-state index contributed by atoms with van der Waals surface area (Å²) in [5.41, 5.74) is 1.68. The molecule has 0 bridgehead atoms. The van der Waals surface area contributed by atoms with Gasteiger partial charge in [0.2, 0.25) is 0 Å². The lowest BCUT2D eigenvalue weighted by molar-refractivity contribution is 0.436. The molecule has 1 aliphatic rings. The van der Waals surface area contributed by atoms with Gasteiger partial charge in [0.05, 0.1) is 10.2 Å². The number of nitrogens with zero attached hydrogens (tertiary/aromatic N) is 2. The highest BCUT2D eigenvalue weighted by Crippen LogP contribution is 2.27. The molecule has 0 aromatic carbocycles. The zero-order chi connectivity index (χ0) is 11.7. The van der Waals surface area contributed by atoms with Gasteiger partial charge in [-0.15, -0.1) is 0 Å². The van der Waals surface area contributed by atoms with Gasteiger partial charge >= 0.3 is 5.69 Å². The Labute approximate surface area is 104 Å². The summed E-state index contributed by atoms with van der Waals surface area (Å²) in [7, 11) is 0. The summed E-state index contributed by atoms with van der Waals surface area (Å²) in [6, 6.07) is 0. The maximum atomic E-state index is 11.8. The minimum atomic E-state index is -0.106. The van der Waals surface area contributed by atoms with Crippen molar-refractivity contribution in [1.82, 2.24) is 9.55 Å². The van der Waals surface area contributed by atoms with Gasteiger partial charge in [0.1, 0.15) is 0 Å². The summed E-state index contributed by atoms with van der Waals surface area (Å²) in [6.45, 7) is 4.67. The molecule has 0 spiro atoms. The first-order valence-electron chi connectivity index (χ1n) is 5.83. The van der Waals surface area contributed by atoms with Crippen molar-refractivity contribution in [2.45, 2.75) is 46.1 Å². The van der Waals surface area contributed by atoms with Crippen LogP contribution in [0.5, 0.6) is 0 Å². The fraction of sp³-hybridized carbons (Fsp3) is 0.667. The van der Waals surface area contributed by atoms with Crippen molar-refractivity contribution in [3.05, 3.63) is 26.3 Å². The van der Waals surface area contributed by atoms with E-state index in [0.29, 0.717) is 5.92 Å². The Bertz CT molecular complexity index is 447. The molecule has 1 fully saturated rings. The van der Waals surface area contributed by atoms with Crippen molar-refractivity contribution in [2.75, 3.05) is 0 Å². The molecule has 0 amide bonds. The first kappa shape index (κ1) is 11.8. The van der Waals surface area contributed by atoms with Crippen LogP contribution < -0.4 is 5.69 Å². The number of rotatable bonds is 2. The Morgan fingerprint density at radius 3 is 2.62 bits per heavy atom. The van der Waals surface area contributed by atoms with E-state index >= 15 is 0 Å². The molecule has 0 radical (unpaired) electrons. The van der Waals surface area contributed by atoms with E-state index in [1.165, 1.54) is 25.7 Å². The summed E-state index contributed by atoms with van der Waals surface area (Å²) in [5, 5.41) is 0. The van der Waals surface area contributed by atoms with Gasteiger partial charge in [0, 0.05) is 12.2 Å². The van der Waals surface area contributed by atoms with Gasteiger partial charge < -0.3 is 0 Å². The highest BCUT2D eigenvalue weighted by atomic mass is 79.9. The largest absolute Gasteiger partial charge is 0.348 e. The minimum Gasteiger partial charge on any atom is -0.295 e. The van der Waals surface area contributed by atoms with Crippen LogP contribution in [0.4, 0.5) is 0 Å². The van der Waals surface area contributed by atoms with Crippen LogP contribution in [-0.4, -0.2) is 9.55 Å². The summed E-state index contributed by atoms with van der Waals surface area (Å²) in [6.07, 6.45) is 5.10. The molecule has 0 unspecified atom stereocenters. The smallest absolute Gasteiger partial charge is 0.295 e. The van der Waals surface area contributed by atoms with Crippen LogP contribution in [0.2, 0.25) is 0 Å². The fourth-order valence-corrected chi connectivity index (χ4v) is 2.75. The third-order valence-corrected chi connectivity index (χ3v) is 4.60. The number of aryl methyl sites for hydroxylation is 1. The average molecular weight is 285 g/mol. The molecule has 1 aliphatic carbocycles. The van der Waals surface area contributed by atoms with Crippen LogP contribution in [0.25, 0.3) is 0 Å². The molecule has 3 nitrogen and oxygen atoms in total. The topological polar surface area (TPSA) is 34.9 Å². The van der Waals surface area contributed by atoms with E-state index < -0.39 is 0 Å². The molecule has 0 N–H and O–H groups in total. The lowest BCUT2D eigenvalue weighted by Crippen LogP contribution is -2.28. The van der Waals surface area contributed by atoms with Gasteiger partial charge in [-0.3, -0.25) is 4.57 Å². The van der Waals surface area contributed by atoms with E-state index in [1.54, 1.807) is 0 Å². The van der Waals surface area contributed by atoms with Gasteiger partial charge in [0.15, 0.2) is 0 Å². The number of hydrogen-bond acceptors (Lipinski definition) is 2. The second-order valence-electron chi connectivity index (χ2n) is 4.64. The first-order chi connectivity index (χ1) is 7.59. The van der Waals surface area contributed by atoms with Gasteiger partial charge in [0.25, 0.3) is 0 Å². The van der Waals surface area contributed by atoms with Gasteiger partial charge in [-0.2, -0.15) is 4.98 Å². The van der Waals surface area contributed by atoms with Crippen molar-refractivity contribution in [1.29, 1.82) is 0 Å². The van der Waals surface area contributed by atoms with Crippen LogP contribution in [-0.2, 0) is 6.54 Å². The van der Waals surface area contributed by atoms with Gasteiger partial charge in [-0.1, -0.05) is 12.8 Å². The molecular formula is C12H17BrN2O. The molecule has 1 aromatic rings. The second kappa shape index (κ2) is 4.70. The number of aromatic nitrogens is 2. The molecule has 88 valence electrons. The third-order valence-electron chi connectivity index (χ3n) is 3.45. The molecule has 1 saturated carbocycles. The zero-order valence-electron chi connectivity index (χ0n) is 9.79. The average Bonchev–Trinajstić information content (AvgIpc) is 2.74. The minimum absolute atomic E-state index is 0.106. The van der Waals surface area contributed by atoms with E-state index in [0.717, 1.165) is 22.4 Å². The maximum absolute atomic E-state index is 11.8. The SMILES string of the molecule is Cc1nc(=O)n(CC2CCCC2)c(C)c1Br. The molecule has 4 heteroatoms. The van der Waals surface area contributed by atoms with Crippen LogP contribution in [0.1, 0.15) is 37.1 Å². The predicted molar refractivity (Wildman–Crippen MR) is 67.6 cm³/mol. The van der Waals surface area contributed by atoms with Gasteiger partial charge in [-0.05, 0) is 48.5 Å². The van der Waals surface area contributed by atoms with Crippen molar-refractivity contribution in [2.24, 2.45) is 5.92 Å². The number of hydrogen-bond donors (Lipinski definition) is 0. The standard InChI is InChI=1S/C12H17BrN2O/c1-8-11(13)9(2)15(12(16)14-8)7-10-5-3-4-6-10/h10H,3-7H2,1-2H3. The maximum Gasteiger partial charge on any atom is 0.348 e. The quantitative estimate of drug-likeness (QED) is 0.837. The second-order valence-corrected chi connectivity index (χ2v) is 5.43. The highest BCUT2D eigenvalue weighted by Gasteiger charge is 2.18. The fourth-order valence-electron chi connectivity index (χ4n) is 2.44. The molecule has 0 aliphatic heterocycles. The summed E-state index contributed by atoms with van der Waals surface area (Å²) in [4.78, 5) is 15.9. The molecule has 1 heterocycles. The molecule has 16 heavy (non-hydrogen) atoms. The molecule has 1 aromatic heterocycles. The third kappa shape index (κ3) is 2.21. The Hall–Kier alpha value is -0.640. The van der Waals surface area contributed by atoms with Crippen molar-refractivity contribution >= 4 is 15.9 Å². The highest BCUT2D eigenvalue weighted by molar-refractivity contribution is 9.10. The van der Waals surface area contributed by atoms with E-state index in [-0.39, 0.29) is 5.69 Å². The molecular weight excluding hydrogens is 268 g/mol. The molecule has 0 atom stereocenters. The van der Waals surface area contributed by atoms with Crippen LogP contribution in [0, 0.1) is 19.8 Å². The lowest BCUT2D eigenvalue weighted by Gasteiger charge is -2.15. The molecule has 2 rings (SSSR count). The summed E-state index contributed by atoms with van der Waals surface area (Å²) in [5.74, 6) is 0.660. The normalized spacial score (nSPS) is 16.9. The Kier molecular flexibility index (Phi) is 3.47. The lowest BCUT2D eigenvalue weighted by atomic mass is 10.1. The Morgan fingerprint density at radius 1 is 1.38 bits per heavy atom. The Balaban J connectivity index is 2.32. The summed E-state index contributed by atoms with van der Waals surface area (Å²) >= 11 is 3.49. The van der Waals surface area contributed by atoms with Crippen molar-refractivity contribution < 1.29 is 0 Å². The van der Waals surface area contributed by atoms with E-state index in [1.807, 2.05) is 18.4 Å². The zero-order valence-corrected chi connectivity index (χ0v) is 11.4.